The Labute approximate surface area is 135 Å². The fraction of sp³-hybridized carbons (Fsp3) is 0.471. The predicted octanol–water partition coefficient (Wildman–Crippen LogP) is 2.51. The number of ether oxygens (including phenoxy) is 1. The van der Waals surface area contributed by atoms with Gasteiger partial charge in [-0.25, -0.2) is 0 Å². The highest BCUT2D eigenvalue weighted by Crippen LogP contribution is 2.37. The summed E-state index contributed by atoms with van der Waals surface area (Å²) in [6.45, 7) is 1.76. The van der Waals surface area contributed by atoms with E-state index in [1.165, 1.54) is 0 Å². The van der Waals surface area contributed by atoms with Gasteiger partial charge < -0.3 is 14.6 Å². The summed E-state index contributed by atoms with van der Waals surface area (Å²) >= 11 is 0. The van der Waals surface area contributed by atoms with E-state index in [0.717, 1.165) is 37.0 Å². The van der Waals surface area contributed by atoms with Crippen molar-refractivity contribution >= 4 is 5.91 Å². The van der Waals surface area contributed by atoms with E-state index in [2.05, 4.69) is 15.5 Å². The first kappa shape index (κ1) is 15.5. The molecule has 0 unspecified atom stereocenters. The number of carbonyl (C=O) groups excluding carboxylic acids is 1. The van der Waals surface area contributed by atoms with Gasteiger partial charge in [0.1, 0.15) is 11.3 Å². The molecule has 3 rings (SSSR count). The maximum atomic E-state index is 12.5. The number of nitrogens with zero attached hydrogens (tertiary/aromatic N) is 2. The molecule has 0 bridgehead atoms. The molecule has 0 spiro atoms. The molecule has 122 valence electrons. The quantitative estimate of drug-likeness (QED) is 0.917. The number of benzene rings is 1. The van der Waals surface area contributed by atoms with Crippen molar-refractivity contribution in [3.05, 3.63) is 41.5 Å². The van der Waals surface area contributed by atoms with E-state index in [0.29, 0.717) is 18.1 Å². The topological polar surface area (TPSA) is 77.2 Å². The minimum Gasteiger partial charge on any atom is -0.497 e. The molecule has 1 heterocycles. The zero-order chi connectivity index (χ0) is 16.3. The normalized spacial score (nSPS) is 16.3. The molecular formula is C17H21N3O3. The zero-order valence-corrected chi connectivity index (χ0v) is 13.5. The van der Waals surface area contributed by atoms with Crippen molar-refractivity contribution in [3.8, 4) is 5.75 Å². The van der Waals surface area contributed by atoms with Crippen LogP contribution in [0.4, 0.5) is 0 Å². The average molecular weight is 315 g/mol. The number of carbonyl (C=O) groups is 1. The van der Waals surface area contributed by atoms with Gasteiger partial charge in [0.05, 0.1) is 13.5 Å². The van der Waals surface area contributed by atoms with Crippen molar-refractivity contribution in [2.45, 2.75) is 44.6 Å². The molecule has 1 saturated carbocycles. The van der Waals surface area contributed by atoms with Gasteiger partial charge in [-0.15, -0.1) is 0 Å². The first-order valence-corrected chi connectivity index (χ1v) is 7.86. The highest BCUT2D eigenvalue weighted by Gasteiger charge is 2.41. The van der Waals surface area contributed by atoms with Crippen molar-refractivity contribution in [3.63, 3.8) is 0 Å². The fourth-order valence-electron chi connectivity index (χ4n) is 3.12. The minimum absolute atomic E-state index is 0.0282. The summed E-state index contributed by atoms with van der Waals surface area (Å²) in [5.74, 6) is 1.87. The molecule has 6 nitrogen and oxygen atoms in total. The van der Waals surface area contributed by atoms with Gasteiger partial charge >= 0.3 is 0 Å². The van der Waals surface area contributed by atoms with Gasteiger partial charge in [-0.3, -0.25) is 4.79 Å². The zero-order valence-electron chi connectivity index (χ0n) is 13.5. The van der Waals surface area contributed by atoms with Crippen molar-refractivity contribution < 1.29 is 14.1 Å². The Morgan fingerprint density at radius 1 is 1.30 bits per heavy atom. The van der Waals surface area contributed by atoms with Crippen LogP contribution in [0, 0.1) is 6.92 Å². The first-order chi connectivity index (χ1) is 11.1. The molecule has 1 N–H and O–H groups in total. The van der Waals surface area contributed by atoms with E-state index in [1.54, 1.807) is 14.0 Å². The van der Waals surface area contributed by atoms with E-state index in [1.807, 2.05) is 24.3 Å². The number of aromatic nitrogens is 2. The van der Waals surface area contributed by atoms with Crippen LogP contribution >= 0.6 is 0 Å². The number of methoxy groups -OCH3 is 1. The van der Waals surface area contributed by atoms with Gasteiger partial charge in [-0.2, -0.15) is 4.98 Å². The van der Waals surface area contributed by atoms with Crippen molar-refractivity contribution in [2.75, 3.05) is 7.11 Å². The number of aryl methyl sites for hydroxylation is 1. The standard InChI is InChI=1S/C17H21N3O3/c1-12-18-16(20-23-12)17(9-3-4-10-17)19-15(21)11-13-5-7-14(22-2)8-6-13/h5-8H,3-4,9-11H2,1-2H3,(H,19,21). The lowest BCUT2D eigenvalue weighted by Crippen LogP contribution is -2.45. The summed E-state index contributed by atoms with van der Waals surface area (Å²) in [7, 11) is 1.62. The lowest BCUT2D eigenvalue weighted by molar-refractivity contribution is -0.122. The Morgan fingerprint density at radius 2 is 2.00 bits per heavy atom. The molecule has 0 saturated heterocycles. The largest absolute Gasteiger partial charge is 0.497 e. The monoisotopic (exact) mass is 315 g/mol. The molecule has 1 fully saturated rings. The Hall–Kier alpha value is -2.37. The van der Waals surface area contributed by atoms with Gasteiger partial charge in [0.15, 0.2) is 5.82 Å². The van der Waals surface area contributed by atoms with Gasteiger partial charge in [-0.1, -0.05) is 30.1 Å². The van der Waals surface area contributed by atoms with Crippen LogP contribution in [0.3, 0.4) is 0 Å². The first-order valence-electron chi connectivity index (χ1n) is 7.86. The van der Waals surface area contributed by atoms with Crippen LogP contribution in [0.15, 0.2) is 28.8 Å². The van der Waals surface area contributed by atoms with Gasteiger partial charge in [-0.05, 0) is 30.5 Å². The number of hydrogen-bond acceptors (Lipinski definition) is 5. The molecule has 1 amide bonds. The van der Waals surface area contributed by atoms with E-state index in [9.17, 15) is 4.79 Å². The van der Waals surface area contributed by atoms with E-state index in [-0.39, 0.29) is 5.91 Å². The Balaban J connectivity index is 1.71. The molecule has 1 aromatic carbocycles. The SMILES string of the molecule is COc1ccc(CC(=O)NC2(c3noc(C)n3)CCCC2)cc1. The number of nitrogens with one attached hydrogen (secondary N) is 1. The second-order valence-corrected chi connectivity index (χ2v) is 6.00. The Kier molecular flexibility index (Phi) is 4.32. The average Bonchev–Trinajstić information content (AvgIpc) is 3.18. The van der Waals surface area contributed by atoms with Crippen molar-refractivity contribution in [1.29, 1.82) is 0 Å². The molecule has 1 aromatic heterocycles. The van der Waals surface area contributed by atoms with Crippen molar-refractivity contribution in [2.24, 2.45) is 0 Å². The highest BCUT2D eigenvalue weighted by atomic mass is 16.5. The van der Waals surface area contributed by atoms with E-state index < -0.39 is 5.54 Å². The number of hydrogen-bond donors (Lipinski definition) is 1. The van der Waals surface area contributed by atoms with Gasteiger partial charge in [0.25, 0.3) is 0 Å². The third-order valence-corrected chi connectivity index (χ3v) is 4.32. The molecule has 0 aliphatic heterocycles. The van der Waals surface area contributed by atoms with Crippen LogP contribution in [0.25, 0.3) is 0 Å². The van der Waals surface area contributed by atoms with Crippen molar-refractivity contribution in [1.82, 2.24) is 15.5 Å². The number of amides is 1. The van der Waals surface area contributed by atoms with Gasteiger partial charge in [0, 0.05) is 6.92 Å². The van der Waals surface area contributed by atoms with Crippen LogP contribution in [0.2, 0.25) is 0 Å². The second-order valence-electron chi connectivity index (χ2n) is 6.00. The summed E-state index contributed by atoms with van der Waals surface area (Å²) in [4.78, 5) is 16.8. The maximum absolute atomic E-state index is 12.5. The maximum Gasteiger partial charge on any atom is 0.225 e. The molecular weight excluding hydrogens is 294 g/mol. The van der Waals surface area contributed by atoms with E-state index in [4.69, 9.17) is 9.26 Å². The fourth-order valence-corrected chi connectivity index (χ4v) is 3.12. The molecule has 0 radical (unpaired) electrons. The summed E-state index contributed by atoms with van der Waals surface area (Å²) in [5.41, 5.74) is 0.460. The molecule has 2 aromatic rings. The third kappa shape index (κ3) is 3.36. The molecule has 6 heteroatoms. The predicted molar refractivity (Wildman–Crippen MR) is 84.0 cm³/mol. The van der Waals surface area contributed by atoms with Crippen LogP contribution < -0.4 is 10.1 Å². The smallest absolute Gasteiger partial charge is 0.225 e. The van der Waals surface area contributed by atoms with Gasteiger partial charge in [0.2, 0.25) is 11.8 Å². The van der Waals surface area contributed by atoms with Crippen LogP contribution in [0.5, 0.6) is 5.75 Å². The summed E-state index contributed by atoms with van der Waals surface area (Å²) in [6.07, 6.45) is 4.12. The third-order valence-electron chi connectivity index (χ3n) is 4.32. The lowest BCUT2D eigenvalue weighted by Gasteiger charge is -2.26. The molecule has 23 heavy (non-hydrogen) atoms. The molecule has 1 aliphatic carbocycles. The second kappa shape index (κ2) is 6.40. The number of rotatable bonds is 5. The molecule has 0 atom stereocenters. The highest BCUT2D eigenvalue weighted by molar-refractivity contribution is 5.79. The van der Waals surface area contributed by atoms with Crippen LogP contribution in [0.1, 0.15) is 43.0 Å². The molecule has 1 aliphatic rings. The summed E-state index contributed by atoms with van der Waals surface area (Å²) in [5, 5.41) is 7.18. The lowest BCUT2D eigenvalue weighted by atomic mass is 9.96. The Bertz CT molecular complexity index is 673. The minimum atomic E-state index is -0.485. The van der Waals surface area contributed by atoms with E-state index >= 15 is 0 Å². The van der Waals surface area contributed by atoms with Crippen LogP contribution in [-0.4, -0.2) is 23.2 Å². The summed E-state index contributed by atoms with van der Waals surface area (Å²) in [6, 6.07) is 7.52. The summed E-state index contributed by atoms with van der Waals surface area (Å²) < 4.78 is 10.2. The Morgan fingerprint density at radius 3 is 2.57 bits per heavy atom. The van der Waals surface area contributed by atoms with Crippen LogP contribution in [-0.2, 0) is 16.8 Å².